The number of hydrogen-bond acceptors (Lipinski definition) is 6. The Bertz CT molecular complexity index is 678. The van der Waals surface area contributed by atoms with Crippen LogP contribution in [0.1, 0.15) is 5.56 Å². The molecule has 1 aromatic heterocycles. The maximum Gasteiger partial charge on any atom is 0.264 e. The van der Waals surface area contributed by atoms with E-state index < -0.39 is 15.8 Å². The molecular weight excluding hydrogens is 273 g/mol. The van der Waals surface area contributed by atoms with Gasteiger partial charge in [-0.05, 0) is 18.2 Å². The van der Waals surface area contributed by atoms with Crippen LogP contribution in [0.5, 0.6) is 0 Å². The second-order valence-electron chi connectivity index (χ2n) is 3.53. The molecule has 2 aromatic rings. The molecule has 0 radical (unpaired) electrons. The molecule has 3 N–H and O–H groups in total. The van der Waals surface area contributed by atoms with Gasteiger partial charge in [0, 0.05) is 12.1 Å². The summed E-state index contributed by atoms with van der Waals surface area (Å²) in [6.45, 7) is -0.0986. The van der Waals surface area contributed by atoms with Gasteiger partial charge in [-0.3, -0.25) is 0 Å². The summed E-state index contributed by atoms with van der Waals surface area (Å²) < 4.78 is 39.4. The number of benzene rings is 1. The van der Waals surface area contributed by atoms with Gasteiger partial charge in [0.25, 0.3) is 16.0 Å². The number of sulfonamides is 1. The van der Waals surface area contributed by atoms with Gasteiger partial charge in [-0.25, -0.2) is 22.5 Å². The van der Waals surface area contributed by atoms with Crippen molar-refractivity contribution < 1.29 is 12.8 Å². The minimum absolute atomic E-state index is 0.0986. The number of nitrogens with two attached hydrogens (primary N) is 1. The summed E-state index contributed by atoms with van der Waals surface area (Å²) in [6.07, 6.45) is 2.60. The smallest absolute Gasteiger partial charge is 0.264 e. The number of hydrogen-bond donors (Lipinski definition) is 2. The Morgan fingerprint density at radius 3 is 2.74 bits per heavy atom. The van der Waals surface area contributed by atoms with Crippen molar-refractivity contribution in [3.05, 3.63) is 42.0 Å². The summed E-state index contributed by atoms with van der Waals surface area (Å²) in [6, 6.07) is 3.34. The predicted molar refractivity (Wildman–Crippen MR) is 64.9 cm³/mol. The monoisotopic (exact) mass is 283 g/mol. The van der Waals surface area contributed by atoms with Gasteiger partial charge in [-0.1, -0.05) is 0 Å². The summed E-state index contributed by atoms with van der Waals surface area (Å²) in [5.74, 6) is -0.722. The molecule has 0 amide bonds. The standard InChI is InChI=1S/C10H10FN5O2S/c11-9-2-1-8(5-7(9)6-12)19(17,18)16-10-13-3-4-14-15-10/h1-5H,6,12H2,(H,13,15,16). The third-order valence-electron chi connectivity index (χ3n) is 2.26. The quantitative estimate of drug-likeness (QED) is 0.833. The maximum atomic E-state index is 13.3. The van der Waals surface area contributed by atoms with Crippen molar-refractivity contribution in [1.82, 2.24) is 15.2 Å². The molecule has 7 nitrogen and oxygen atoms in total. The maximum absolute atomic E-state index is 13.3. The molecule has 0 saturated heterocycles. The predicted octanol–water partition coefficient (Wildman–Crippen LogP) is 0.270. The molecule has 0 spiro atoms. The van der Waals surface area contributed by atoms with E-state index in [4.69, 9.17) is 5.73 Å². The second kappa shape index (κ2) is 5.24. The fourth-order valence-electron chi connectivity index (χ4n) is 1.35. The van der Waals surface area contributed by atoms with Crippen LogP contribution in [-0.4, -0.2) is 23.6 Å². The summed E-state index contributed by atoms with van der Waals surface area (Å²) in [5, 5.41) is 6.99. The molecule has 19 heavy (non-hydrogen) atoms. The largest absolute Gasteiger partial charge is 0.326 e. The first kappa shape index (κ1) is 13.3. The van der Waals surface area contributed by atoms with Crippen LogP contribution < -0.4 is 10.5 Å². The fraction of sp³-hybridized carbons (Fsp3) is 0.100. The van der Waals surface area contributed by atoms with E-state index in [0.29, 0.717) is 0 Å². The van der Waals surface area contributed by atoms with E-state index in [0.717, 1.165) is 18.2 Å². The van der Waals surface area contributed by atoms with Gasteiger partial charge in [-0.15, -0.1) is 5.10 Å². The highest BCUT2D eigenvalue weighted by molar-refractivity contribution is 7.92. The Morgan fingerprint density at radius 2 is 2.11 bits per heavy atom. The molecular formula is C10H10FN5O2S. The van der Waals surface area contributed by atoms with Crippen LogP contribution in [0, 0.1) is 5.82 Å². The molecule has 1 aromatic carbocycles. The minimum Gasteiger partial charge on any atom is -0.326 e. The topological polar surface area (TPSA) is 111 Å². The fourth-order valence-corrected chi connectivity index (χ4v) is 2.34. The molecule has 0 fully saturated rings. The second-order valence-corrected chi connectivity index (χ2v) is 5.21. The molecule has 0 bridgehead atoms. The molecule has 0 aliphatic carbocycles. The highest BCUT2D eigenvalue weighted by Crippen LogP contribution is 2.16. The van der Waals surface area contributed by atoms with Crippen LogP contribution in [0.25, 0.3) is 0 Å². The lowest BCUT2D eigenvalue weighted by molar-refractivity contribution is 0.596. The first-order chi connectivity index (χ1) is 9.03. The zero-order valence-electron chi connectivity index (χ0n) is 9.62. The molecule has 0 saturated carbocycles. The Morgan fingerprint density at radius 1 is 1.32 bits per heavy atom. The van der Waals surface area contributed by atoms with E-state index in [2.05, 4.69) is 19.9 Å². The molecule has 9 heteroatoms. The Hall–Kier alpha value is -2.13. The van der Waals surface area contributed by atoms with Gasteiger partial charge >= 0.3 is 0 Å². The highest BCUT2D eigenvalue weighted by Gasteiger charge is 2.17. The molecule has 0 atom stereocenters. The molecule has 1 heterocycles. The van der Waals surface area contributed by atoms with Crippen molar-refractivity contribution in [3.63, 3.8) is 0 Å². The first-order valence-corrected chi connectivity index (χ1v) is 6.66. The zero-order chi connectivity index (χ0) is 13.9. The number of rotatable bonds is 4. The van der Waals surface area contributed by atoms with Crippen molar-refractivity contribution in [2.45, 2.75) is 11.4 Å². The summed E-state index contributed by atoms with van der Waals surface area (Å²) >= 11 is 0. The number of nitrogens with one attached hydrogen (secondary N) is 1. The lowest BCUT2D eigenvalue weighted by Gasteiger charge is -2.07. The normalized spacial score (nSPS) is 11.3. The van der Waals surface area contributed by atoms with Crippen LogP contribution >= 0.6 is 0 Å². The van der Waals surface area contributed by atoms with Gasteiger partial charge in [0.05, 0.1) is 17.3 Å². The minimum atomic E-state index is -3.90. The summed E-state index contributed by atoms with van der Waals surface area (Å²) in [5.41, 5.74) is 5.43. The molecule has 0 aliphatic heterocycles. The average Bonchev–Trinajstić information content (AvgIpc) is 2.39. The van der Waals surface area contributed by atoms with Crippen molar-refractivity contribution in [1.29, 1.82) is 0 Å². The van der Waals surface area contributed by atoms with E-state index in [1.807, 2.05) is 0 Å². The molecule has 2 rings (SSSR count). The highest BCUT2D eigenvalue weighted by atomic mass is 32.2. The van der Waals surface area contributed by atoms with E-state index in [1.54, 1.807) is 0 Å². The number of aromatic nitrogens is 3. The Labute approximate surface area is 108 Å². The van der Waals surface area contributed by atoms with Gasteiger partial charge in [-0.2, -0.15) is 5.10 Å². The van der Waals surface area contributed by atoms with Crippen LogP contribution in [0.3, 0.4) is 0 Å². The SMILES string of the molecule is NCc1cc(S(=O)(=O)Nc2nccnn2)ccc1F. The Balaban J connectivity index is 2.35. The lowest BCUT2D eigenvalue weighted by atomic mass is 10.2. The lowest BCUT2D eigenvalue weighted by Crippen LogP contribution is -2.16. The number of nitrogens with zero attached hydrogens (tertiary/aromatic N) is 3. The number of anilines is 1. The van der Waals surface area contributed by atoms with Crippen LogP contribution in [0.15, 0.2) is 35.5 Å². The van der Waals surface area contributed by atoms with Crippen LogP contribution in [0.2, 0.25) is 0 Å². The Kier molecular flexibility index (Phi) is 3.67. The van der Waals surface area contributed by atoms with Crippen molar-refractivity contribution in [3.8, 4) is 0 Å². The summed E-state index contributed by atoms with van der Waals surface area (Å²) in [4.78, 5) is 3.56. The molecule has 0 unspecified atom stereocenters. The van der Waals surface area contributed by atoms with Crippen LogP contribution in [-0.2, 0) is 16.6 Å². The van der Waals surface area contributed by atoms with Crippen molar-refractivity contribution in [2.75, 3.05) is 4.72 Å². The first-order valence-electron chi connectivity index (χ1n) is 5.18. The van der Waals surface area contributed by atoms with Gasteiger partial charge in [0.15, 0.2) is 0 Å². The van der Waals surface area contributed by atoms with Crippen molar-refractivity contribution >= 4 is 16.0 Å². The zero-order valence-corrected chi connectivity index (χ0v) is 10.4. The van der Waals surface area contributed by atoms with Gasteiger partial charge in [0.2, 0.25) is 0 Å². The third-order valence-corrected chi connectivity index (χ3v) is 3.58. The van der Waals surface area contributed by atoms with Gasteiger partial charge < -0.3 is 5.73 Å². The van der Waals surface area contributed by atoms with Crippen LogP contribution in [0.4, 0.5) is 10.3 Å². The van der Waals surface area contributed by atoms with E-state index >= 15 is 0 Å². The van der Waals surface area contributed by atoms with Crippen molar-refractivity contribution in [2.24, 2.45) is 5.73 Å². The van der Waals surface area contributed by atoms with E-state index in [1.165, 1.54) is 12.4 Å². The van der Waals surface area contributed by atoms with E-state index in [9.17, 15) is 12.8 Å². The third kappa shape index (κ3) is 3.01. The van der Waals surface area contributed by atoms with E-state index in [-0.39, 0.29) is 23.0 Å². The average molecular weight is 283 g/mol. The molecule has 100 valence electrons. The number of halogens is 1. The summed E-state index contributed by atoms with van der Waals surface area (Å²) in [7, 11) is -3.90. The van der Waals surface area contributed by atoms with Gasteiger partial charge in [0.1, 0.15) is 5.82 Å². The molecule has 0 aliphatic rings.